The second-order valence-electron chi connectivity index (χ2n) is 4.73. The molecule has 0 spiro atoms. The fourth-order valence-corrected chi connectivity index (χ4v) is 2.64. The minimum Gasteiger partial charge on any atom is -0.313 e. The van der Waals surface area contributed by atoms with Crippen LogP contribution in [0.2, 0.25) is 0 Å². The molecular weight excluding hydrogens is 219 g/mol. The molecule has 1 fully saturated rings. The number of halogens is 1. The van der Waals surface area contributed by atoms with Crippen molar-refractivity contribution in [3.05, 3.63) is 29.8 Å². The molecule has 17 heavy (non-hydrogen) atoms. The summed E-state index contributed by atoms with van der Waals surface area (Å²) in [6.07, 6.45) is 1.11. The third-order valence-electron chi connectivity index (χ3n) is 3.62. The highest BCUT2D eigenvalue weighted by Crippen LogP contribution is 2.32. The summed E-state index contributed by atoms with van der Waals surface area (Å²) in [4.78, 5) is 13.8. The van der Waals surface area contributed by atoms with Gasteiger partial charge in [0.2, 0.25) is 5.67 Å². The number of carbonyl (C=O) groups is 1. The van der Waals surface area contributed by atoms with Gasteiger partial charge in [0.15, 0.2) is 0 Å². The van der Waals surface area contributed by atoms with Crippen LogP contribution in [0.15, 0.2) is 24.3 Å². The number of nitrogens with zero attached hydrogens (tertiary/aromatic N) is 1. The highest BCUT2D eigenvalue weighted by atomic mass is 19.1. The van der Waals surface area contributed by atoms with Gasteiger partial charge >= 0.3 is 0 Å². The summed E-state index contributed by atoms with van der Waals surface area (Å²) in [5.74, 6) is -0.382. The van der Waals surface area contributed by atoms with E-state index in [1.165, 1.54) is 0 Å². The average molecular weight is 234 g/mol. The lowest BCUT2D eigenvalue weighted by atomic mass is 10.0. The first-order chi connectivity index (χ1) is 8.21. The average Bonchev–Trinajstić information content (AvgIpc) is 2.95. The zero-order chi connectivity index (χ0) is 11.9. The second kappa shape index (κ2) is 3.81. The van der Waals surface area contributed by atoms with Gasteiger partial charge in [-0.25, -0.2) is 4.39 Å². The van der Waals surface area contributed by atoms with Gasteiger partial charge in [-0.1, -0.05) is 18.2 Å². The van der Waals surface area contributed by atoms with Crippen LogP contribution in [-0.4, -0.2) is 31.2 Å². The molecule has 0 aliphatic carbocycles. The number of hydrogen-bond acceptors (Lipinski definition) is 2. The number of benzene rings is 1. The van der Waals surface area contributed by atoms with Gasteiger partial charge in [0.1, 0.15) is 0 Å². The van der Waals surface area contributed by atoms with E-state index in [4.69, 9.17) is 0 Å². The molecule has 1 aromatic rings. The van der Waals surface area contributed by atoms with Crippen molar-refractivity contribution in [3.63, 3.8) is 0 Å². The first-order valence-corrected chi connectivity index (χ1v) is 6.00. The monoisotopic (exact) mass is 234 g/mol. The Bertz CT molecular complexity index is 454. The molecule has 2 heterocycles. The van der Waals surface area contributed by atoms with Crippen LogP contribution in [0, 0.1) is 0 Å². The van der Waals surface area contributed by atoms with Crippen molar-refractivity contribution in [1.82, 2.24) is 5.32 Å². The summed E-state index contributed by atoms with van der Waals surface area (Å²) >= 11 is 0. The Morgan fingerprint density at radius 3 is 3.00 bits per heavy atom. The first-order valence-electron chi connectivity index (χ1n) is 6.00. The summed E-state index contributed by atoms with van der Waals surface area (Å²) in [7, 11) is 0. The Hall–Kier alpha value is -1.42. The molecule has 1 saturated heterocycles. The maximum atomic E-state index is 14.4. The van der Waals surface area contributed by atoms with Crippen molar-refractivity contribution in [3.8, 4) is 0 Å². The van der Waals surface area contributed by atoms with Crippen LogP contribution >= 0.6 is 0 Å². The van der Waals surface area contributed by atoms with E-state index in [0.29, 0.717) is 13.1 Å². The Morgan fingerprint density at radius 1 is 1.41 bits per heavy atom. The van der Waals surface area contributed by atoms with Gasteiger partial charge in [0.25, 0.3) is 5.91 Å². The van der Waals surface area contributed by atoms with Crippen LogP contribution in [0.25, 0.3) is 0 Å². The third-order valence-corrected chi connectivity index (χ3v) is 3.62. The summed E-state index contributed by atoms with van der Waals surface area (Å²) in [5.41, 5.74) is 0.300. The zero-order valence-electron chi connectivity index (χ0n) is 9.58. The molecule has 3 rings (SSSR count). The smallest absolute Gasteiger partial charge is 0.266 e. The molecule has 1 unspecified atom stereocenters. The van der Waals surface area contributed by atoms with Crippen molar-refractivity contribution in [2.75, 3.05) is 24.5 Å². The lowest BCUT2D eigenvalue weighted by molar-refractivity contribution is -0.128. The Kier molecular flexibility index (Phi) is 2.40. The maximum absolute atomic E-state index is 14.4. The van der Waals surface area contributed by atoms with E-state index < -0.39 is 5.67 Å². The minimum atomic E-state index is -1.71. The van der Waals surface area contributed by atoms with Gasteiger partial charge in [0, 0.05) is 25.2 Å². The predicted molar refractivity (Wildman–Crippen MR) is 63.8 cm³/mol. The molecular formula is C13H15FN2O. The number of nitrogens with one attached hydrogen (secondary N) is 1. The largest absolute Gasteiger partial charge is 0.313 e. The van der Waals surface area contributed by atoms with Gasteiger partial charge in [-0.2, -0.15) is 0 Å². The summed E-state index contributed by atoms with van der Waals surface area (Å²) in [6, 6.07) is 7.74. The first kappa shape index (κ1) is 10.7. The van der Waals surface area contributed by atoms with E-state index in [9.17, 15) is 9.18 Å². The number of rotatable bonds is 1. The van der Waals surface area contributed by atoms with Crippen molar-refractivity contribution >= 4 is 11.6 Å². The van der Waals surface area contributed by atoms with E-state index in [1.54, 1.807) is 4.90 Å². The molecule has 90 valence electrons. The molecule has 0 saturated carbocycles. The molecule has 0 radical (unpaired) electrons. The van der Waals surface area contributed by atoms with E-state index in [-0.39, 0.29) is 18.9 Å². The highest BCUT2D eigenvalue weighted by Gasteiger charge is 2.45. The lowest BCUT2D eigenvalue weighted by Gasteiger charge is -2.25. The number of anilines is 1. The fraction of sp³-hybridized carbons (Fsp3) is 0.462. The van der Waals surface area contributed by atoms with Gasteiger partial charge < -0.3 is 10.2 Å². The Morgan fingerprint density at radius 2 is 2.24 bits per heavy atom. The van der Waals surface area contributed by atoms with E-state index in [2.05, 4.69) is 5.32 Å². The summed E-state index contributed by atoms with van der Waals surface area (Å²) in [5, 5.41) is 2.92. The Balaban J connectivity index is 1.89. The van der Waals surface area contributed by atoms with Crippen molar-refractivity contribution in [2.24, 2.45) is 0 Å². The zero-order valence-corrected chi connectivity index (χ0v) is 9.58. The molecule has 1 amide bonds. The third kappa shape index (κ3) is 1.63. The topological polar surface area (TPSA) is 32.3 Å². The Labute approximate surface area is 99.6 Å². The summed E-state index contributed by atoms with van der Waals surface area (Å²) in [6.45, 7) is 1.33. The maximum Gasteiger partial charge on any atom is 0.266 e. The van der Waals surface area contributed by atoms with E-state index in [0.717, 1.165) is 17.7 Å². The number of alkyl halides is 1. The molecule has 1 N–H and O–H groups in total. The molecule has 1 atom stereocenters. The number of para-hydroxylation sites is 1. The summed E-state index contributed by atoms with van der Waals surface area (Å²) < 4.78 is 14.4. The SMILES string of the molecule is O=C(N1CCc2ccccc21)C1(F)CCNC1. The number of carbonyl (C=O) groups excluding carboxylic acids is 1. The van der Waals surface area contributed by atoms with Crippen LogP contribution in [0.5, 0.6) is 0 Å². The second-order valence-corrected chi connectivity index (χ2v) is 4.73. The van der Waals surface area contributed by atoms with Gasteiger partial charge in [-0.3, -0.25) is 4.79 Å². The predicted octanol–water partition coefficient (Wildman–Crippen LogP) is 1.28. The quantitative estimate of drug-likeness (QED) is 0.794. The van der Waals surface area contributed by atoms with Gasteiger partial charge in [0.05, 0.1) is 0 Å². The number of amides is 1. The van der Waals surface area contributed by atoms with Crippen molar-refractivity contribution in [1.29, 1.82) is 0 Å². The van der Waals surface area contributed by atoms with Gasteiger partial charge in [-0.05, 0) is 24.6 Å². The fourth-order valence-electron chi connectivity index (χ4n) is 2.64. The number of hydrogen-bond donors (Lipinski definition) is 1. The molecule has 1 aromatic carbocycles. The standard InChI is InChI=1S/C13H15FN2O/c14-13(6-7-15-9-13)12(17)16-8-5-10-3-1-2-4-11(10)16/h1-4,15H,5-9H2. The molecule has 2 aliphatic rings. The molecule has 0 bridgehead atoms. The van der Waals surface area contributed by atoms with E-state index >= 15 is 0 Å². The van der Waals surface area contributed by atoms with Crippen LogP contribution in [0.3, 0.4) is 0 Å². The van der Waals surface area contributed by atoms with Gasteiger partial charge in [-0.15, -0.1) is 0 Å². The molecule has 2 aliphatic heterocycles. The van der Waals surface area contributed by atoms with E-state index in [1.807, 2.05) is 24.3 Å². The van der Waals surface area contributed by atoms with Crippen molar-refractivity contribution < 1.29 is 9.18 Å². The van der Waals surface area contributed by atoms with Crippen LogP contribution < -0.4 is 10.2 Å². The minimum absolute atomic E-state index is 0.143. The number of fused-ring (bicyclic) bond motifs is 1. The molecule has 4 heteroatoms. The van der Waals surface area contributed by atoms with Crippen molar-refractivity contribution in [2.45, 2.75) is 18.5 Å². The molecule has 0 aromatic heterocycles. The lowest BCUT2D eigenvalue weighted by Crippen LogP contribution is -2.47. The van der Waals surface area contributed by atoms with Crippen LogP contribution in [-0.2, 0) is 11.2 Å². The van der Waals surface area contributed by atoms with Crippen LogP contribution in [0.4, 0.5) is 10.1 Å². The molecule has 3 nitrogen and oxygen atoms in total. The van der Waals surface area contributed by atoms with Crippen LogP contribution in [0.1, 0.15) is 12.0 Å². The normalized spacial score (nSPS) is 27.2. The highest BCUT2D eigenvalue weighted by molar-refractivity contribution is 6.01.